The number of halogens is 1. The SMILES string of the molecule is CC(C)(C)c1nnsc1C(=O)Nc1cc(N)ccc1Cl. The maximum Gasteiger partial charge on any atom is 0.269 e. The molecule has 1 heterocycles. The van der Waals surface area contributed by atoms with Gasteiger partial charge in [0.1, 0.15) is 4.88 Å². The van der Waals surface area contributed by atoms with E-state index >= 15 is 0 Å². The maximum atomic E-state index is 12.3. The van der Waals surface area contributed by atoms with E-state index in [0.717, 1.165) is 11.5 Å². The van der Waals surface area contributed by atoms with Crippen molar-refractivity contribution >= 4 is 40.4 Å². The van der Waals surface area contributed by atoms with Gasteiger partial charge in [-0.05, 0) is 29.7 Å². The summed E-state index contributed by atoms with van der Waals surface area (Å²) in [5, 5.41) is 7.22. The standard InChI is InChI=1S/C13H15ClN4OS/c1-13(2,3)11-10(20-18-17-11)12(19)16-9-6-7(15)4-5-8(9)14/h4-6H,15H2,1-3H3,(H,16,19). The number of amides is 1. The molecule has 3 N–H and O–H groups in total. The minimum absolute atomic E-state index is 0.251. The van der Waals surface area contributed by atoms with Crippen molar-refractivity contribution in [2.45, 2.75) is 26.2 Å². The second-order valence-electron chi connectivity index (χ2n) is 5.39. The molecule has 0 aliphatic rings. The second-order valence-corrected chi connectivity index (χ2v) is 6.56. The Morgan fingerprint density at radius 3 is 2.75 bits per heavy atom. The first-order chi connectivity index (χ1) is 9.29. The lowest BCUT2D eigenvalue weighted by atomic mass is 9.91. The Bertz CT molecular complexity index is 648. The van der Waals surface area contributed by atoms with E-state index in [0.29, 0.717) is 27.0 Å². The molecule has 1 amide bonds. The van der Waals surface area contributed by atoms with Gasteiger partial charge >= 0.3 is 0 Å². The van der Waals surface area contributed by atoms with Crippen molar-refractivity contribution in [1.82, 2.24) is 9.59 Å². The van der Waals surface area contributed by atoms with Gasteiger partial charge in [0.05, 0.1) is 16.4 Å². The molecular weight excluding hydrogens is 296 g/mol. The van der Waals surface area contributed by atoms with E-state index in [-0.39, 0.29) is 11.3 Å². The fourth-order valence-corrected chi connectivity index (χ4v) is 2.58. The van der Waals surface area contributed by atoms with Crippen LogP contribution in [0, 0.1) is 0 Å². The van der Waals surface area contributed by atoms with E-state index in [1.807, 2.05) is 20.8 Å². The number of hydrogen-bond acceptors (Lipinski definition) is 5. The molecule has 0 aliphatic carbocycles. The Morgan fingerprint density at radius 1 is 1.40 bits per heavy atom. The molecule has 1 aromatic heterocycles. The van der Waals surface area contributed by atoms with E-state index in [4.69, 9.17) is 17.3 Å². The molecule has 0 atom stereocenters. The highest BCUT2D eigenvalue weighted by atomic mass is 35.5. The van der Waals surface area contributed by atoms with Crippen molar-refractivity contribution < 1.29 is 4.79 Å². The molecule has 0 spiro atoms. The number of hydrogen-bond donors (Lipinski definition) is 2. The molecule has 2 rings (SSSR count). The Hall–Kier alpha value is -1.66. The number of rotatable bonds is 2. The molecule has 0 unspecified atom stereocenters. The number of carbonyl (C=O) groups is 1. The molecule has 20 heavy (non-hydrogen) atoms. The summed E-state index contributed by atoms with van der Waals surface area (Å²) in [6, 6.07) is 4.93. The number of nitrogen functional groups attached to an aromatic ring is 1. The van der Waals surface area contributed by atoms with E-state index in [1.54, 1.807) is 18.2 Å². The predicted molar refractivity (Wildman–Crippen MR) is 82.4 cm³/mol. The van der Waals surface area contributed by atoms with Gasteiger partial charge in [0.15, 0.2) is 0 Å². The van der Waals surface area contributed by atoms with E-state index in [2.05, 4.69) is 14.9 Å². The molecule has 0 saturated heterocycles. The minimum atomic E-state index is -0.280. The molecule has 0 bridgehead atoms. The molecular formula is C13H15ClN4OS. The van der Waals surface area contributed by atoms with Gasteiger partial charge in [-0.3, -0.25) is 4.79 Å². The van der Waals surface area contributed by atoms with Gasteiger partial charge in [-0.2, -0.15) is 0 Å². The van der Waals surface area contributed by atoms with E-state index in [9.17, 15) is 4.79 Å². The van der Waals surface area contributed by atoms with Crippen LogP contribution in [0.2, 0.25) is 5.02 Å². The first-order valence-electron chi connectivity index (χ1n) is 5.98. The third-order valence-corrected chi connectivity index (χ3v) is 3.70. The van der Waals surface area contributed by atoms with Gasteiger partial charge < -0.3 is 11.1 Å². The molecule has 0 radical (unpaired) electrons. The summed E-state index contributed by atoms with van der Waals surface area (Å²) in [5.74, 6) is -0.280. The number of nitrogens with zero attached hydrogens (tertiary/aromatic N) is 2. The fraction of sp³-hybridized carbons (Fsp3) is 0.308. The highest BCUT2D eigenvalue weighted by molar-refractivity contribution is 7.08. The number of nitrogens with two attached hydrogens (primary N) is 1. The number of nitrogens with one attached hydrogen (secondary N) is 1. The lowest BCUT2D eigenvalue weighted by Crippen LogP contribution is -2.20. The van der Waals surface area contributed by atoms with Gasteiger partial charge in [-0.15, -0.1) is 5.10 Å². The maximum absolute atomic E-state index is 12.3. The summed E-state index contributed by atoms with van der Waals surface area (Å²) in [7, 11) is 0. The largest absolute Gasteiger partial charge is 0.399 e. The normalized spacial score (nSPS) is 11.4. The monoisotopic (exact) mass is 310 g/mol. The van der Waals surface area contributed by atoms with Crippen LogP contribution in [0.4, 0.5) is 11.4 Å². The molecule has 0 aliphatic heterocycles. The van der Waals surface area contributed by atoms with Crippen molar-refractivity contribution in [3.05, 3.63) is 33.8 Å². The quantitative estimate of drug-likeness (QED) is 0.834. The first-order valence-corrected chi connectivity index (χ1v) is 7.13. The van der Waals surface area contributed by atoms with Crippen molar-refractivity contribution in [2.24, 2.45) is 0 Å². The molecule has 5 nitrogen and oxygen atoms in total. The average Bonchev–Trinajstić information content (AvgIpc) is 2.82. The van der Waals surface area contributed by atoms with Crippen LogP contribution in [0.5, 0.6) is 0 Å². The average molecular weight is 311 g/mol. The number of anilines is 2. The Morgan fingerprint density at radius 2 is 2.10 bits per heavy atom. The van der Waals surface area contributed by atoms with E-state index < -0.39 is 0 Å². The Kier molecular flexibility index (Phi) is 3.96. The molecule has 106 valence electrons. The van der Waals surface area contributed by atoms with Gasteiger partial charge in [0, 0.05) is 11.1 Å². The van der Waals surface area contributed by atoms with Gasteiger partial charge in [-0.1, -0.05) is 36.9 Å². The summed E-state index contributed by atoms with van der Waals surface area (Å²) >= 11 is 7.10. The smallest absolute Gasteiger partial charge is 0.269 e. The summed E-state index contributed by atoms with van der Waals surface area (Å²) in [6.07, 6.45) is 0. The first kappa shape index (κ1) is 14.7. The van der Waals surface area contributed by atoms with Gasteiger partial charge in [0.25, 0.3) is 5.91 Å². The summed E-state index contributed by atoms with van der Waals surface area (Å²) < 4.78 is 3.86. The lowest BCUT2D eigenvalue weighted by molar-refractivity contribution is 0.102. The van der Waals surface area contributed by atoms with Crippen LogP contribution >= 0.6 is 23.1 Å². The molecule has 0 fully saturated rings. The zero-order valence-electron chi connectivity index (χ0n) is 11.4. The van der Waals surface area contributed by atoms with Crippen LogP contribution in [0.15, 0.2) is 18.2 Å². The van der Waals surface area contributed by atoms with Crippen molar-refractivity contribution in [1.29, 1.82) is 0 Å². The van der Waals surface area contributed by atoms with Crippen molar-refractivity contribution in [2.75, 3.05) is 11.1 Å². The lowest BCUT2D eigenvalue weighted by Gasteiger charge is -2.16. The van der Waals surface area contributed by atoms with Crippen LogP contribution < -0.4 is 11.1 Å². The van der Waals surface area contributed by atoms with Crippen LogP contribution in [-0.2, 0) is 5.41 Å². The second kappa shape index (κ2) is 5.38. The number of aromatic nitrogens is 2. The van der Waals surface area contributed by atoms with Crippen LogP contribution in [-0.4, -0.2) is 15.5 Å². The Labute approximate surface area is 126 Å². The molecule has 7 heteroatoms. The number of benzene rings is 1. The van der Waals surface area contributed by atoms with Gasteiger partial charge in [0.2, 0.25) is 0 Å². The third-order valence-electron chi connectivity index (χ3n) is 2.64. The molecule has 0 saturated carbocycles. The van der Waals surface area contributed by atoms with Crippen LogP contribution in [0.1, 0.15) is 36.1 Å². The number of carbonyl (C=O) groups excluding carboxylic acids is 1. The zero-order chi connectivity index (χ0) is 14.9. The topological polar surface area (TPSA) is 80.9 Å². The minimum Gasteiger partial charge on any atom is -0.399 e. The van der Waals surface area contributed by atoms with Crippen molar-refractivity contribution in [3.63, 3.8) is 0 Å². The van der Waals surface area contributed by atoms with Crippen LogP contribution in [0.25, 0.3) is 0 Å². The summed E-state index contributed by atoms with van der Waals surface area (Å²) in [5.41, 5.74) is 7.11. The third kappa shape index (κ3) is 3.08. The summed E-state index contributed by atoms with van der Waals surface area (Å²) in [4.78, 5) is 12.8. The predicted octanol–water partition coefficient (Wildman–Crippen LogP) is 3.32. The zero-order valence-corrected chi connectivity index (χ0v) is 13.0. The highest BCUT2D eigenvalue weighted by Gasteiger charge is 2.26. The molecule has 1 aromatic carbocycles. The summed E-state index contributed by atoms with van der Waals surface area (Å²) in [6.45, 7) is 5.94. The van der Waals surface area contributed by atoms with Gasteiger partial charge in [-0.25, -0.2) is 0 Å². The van der Waals surface area contributed by atoms with Crippen molar-refractivity contribution in [3.8, 4) is 0 Å². The van der Waals surface area contributed by atoms with E-state index in [1.165, 1.54) is 0 Å². The fourth-order valence-electron chi connectivity index (χ4n) is 1.65. The van der Waals surface area contributed by atoms with Crippen LogP contribution in [0.3, 0.4) is 0 Å². The Balaban J connectivity index is 2.30. The highest BCUT2D eigenvalue weighted by Crippen LogP contribution is 2.28. The molecule has 2 aromatic rings.